The van der Waals surface area contributed by atoms with Gasteiger partial charge in [-0.25, -0.2) is 14.1 Å². The molecule has 184 valence electrons. The van der Waals surface area contributed by atoms with Gasteiger partial charge in [-0.15, -0.1) is 11.3 Å². The summed E-state index contributed by atoms with van der Waals surface area (Å²) >= 11 is 7.55. The molecule has 0 radical (unpaired) electrons. The Kier molecular flexibility index (Phi) is 5.54. The first kappa shape index (κ1) is 23.3. The molecule has 1 N–H and O–H groups in total. The first-order chi connectivity index (χ1) is 17.8. The summed E-state index contributed by atoms with van der Waals surface area (Å²) in [4.78, 5) is 29.7. The van der Waals surface area contributed by atoms with Crippen LogP contribution in [0.3, 0.4) is 0 Å². The number of rotatable bonds is 5. The number of hydrogen-bond donors (Lipinski definition) is 1. The van der Waals surface area contributed by atoms with E-state index < -0.39 is 11.8 Å². The standard InChI is InChI=1S/C27H18ClFN4O3S/c1-14-25(19-11-16(29)7-8-21(19)32(14)13-24(34)35)26-17-4-2-3-5-18(17)27(36)33(31-26)12-23-30-20-10-15(28)6-9-22(20)37-23/h2-11H,12-13H2,1H3,(H,34,35). The average molecular weight is 533 g/mol. The highest BCUT2D eigenvalue weighted by atomic mass is 35.5. The van der Waals surface area contributed by atoms with Crippen LogP contribution in [0.25, 0.3) is 43.1 Å². The number of thiazole rings is 1. The minimum absolute atomic E-state index is 0.134. The summed E-state index contributed by atoms with van der Waals surface area (Å²) in [7, 11) is 0. The molecule has 0 amide bonds. The molecule has 3 heterocycles. The second-order valence-electron chi connectivity index (χ2n) is 8.68. The Labute approximate surface area is 218 Å². The molecule has 0 saturated carbocycles. The van der Waals surface area contributed by atoms with Gasteiger partial charge in [0, 0.05) is 32.6 Å². The van der Waals surface area contributed by atoms with Gasteiger partial charge in [-0.1, -0.05) is 29.8 Å². The maximum atomic E-state index is 14.4. The van der Waals surface area contributed by atoms with E-state index in [1.807, 2.05) is 6.07 Å². The lowest BCUT2D eigenvalue weighted by molar-refractivity contribution is -0.137. The Bertz CT molecular complexity index is 1940. The van der Waals surface area contributed by atoms with Crippen molar-refractivity contribution in [2.45, 2.75) is 20.0 Å². The largest absolute Gasteiger partial charge is 0.480 e. The van der Waals surface area contributed by atoms with Crippen LogP contribution in [0.1, 0.15) is 10.7 Å². The minimum atomic E-state index is -1.02. The number of fused-ring (bicyclic) bond motifs is 3. The molecule has 0 aliphatic heterocycles. The molecule has 0 aliphatic carbocycles. The van der Waals surface area contributed by atoms with E-state index in [1.54, 1.807) is 54.0 Å². The van der Waals surface area contributed by atoms with Crippen molar-refractivity contribution in [2.24, 2.45) is 0 Å². The topological polar surface area (TPSA) is 90.0 Å². The van der Waals surface area contributed by atoms with Crippen LogP contribution in [0.15, 0.2) is 65.5 Å². The fourth-order valence-electron chi connectivity index (χ4n) is 4.76. The summed E-state index contributed by atoms with van der Waals surface area (Å²) in [5.74, 6) is -1.47. The Morgan fingerprint density at radius 2 is 1.86 bits per heavy atom. The number of halogens is 2. The molecule has 0 aliphatic rings. The molecule has 0 unspecified atom stereocenters. The molecule has 37 heavy (non-hydrogen) atoms. The van der Waals surface area contributed by atoms with Crippen LogP contribution >= 0.6 is 22.9 Å². The first-order valence-electron chi connectivity index (χ1n) is 11.4. The van der Waals surface area contributed by atoms with Crippen molar-refractivity contribution in [3.63, 3.8) is 0 Å². The lowest BCUT2D eigenvalue weighted by atomic mass is 10.0. The number of benzene rings is 3. The van der Waals surface area contributed by atoms with Crippen molar-refractivity contribution in [3.8, 4) is 11.3 Å². The van der Waals surface area contributed by atoms with Gasteiger partial charge in [-0.3, -0.25) is 9.59 Å². The minimum Gasteiger partial charge on any atom is -0.480 e. The summed E-state index contributed by atoms with van der Waals surface area (Å²) in [6.45, 7) is 1.62. The number of carbonyl (C=O) groups is 1. The van der Waals surface area contributed by atoms with Crippen molar-refractivity contribution in [1.29, 1.82) is 0 Å². The van der Waals surface area contributed by atoms with Gasteiger partial charge in [-0.2, -0.15) is 5.10 Å². The Morgan fingerprint density at radius 3 is 2.65 bits per heavy atom. The van der Waals surface area contributed by atoms with Crippen LogP contribution in [0.2, 0.25) is 5.02 Å². The molecule has 6 rings (SSSR count). The monoisotopic (exact) mass is 532 g/mol. The number of aliphatic carboxylic acids is 1. The van der Waals surface area contributed by atoms with Gasteiger partial charge in [0.25, 0.3) is 5.56 Å². The zero-order valence-electron chi connectivity index (χ0n) is 19.4. The zero-order chi connectivity index (χ0) is 25.8. The highest BCUT2D eigenvalue weighted by Gasteiger charge is 2.22. The highest BCUT2D eigenvalue weighted by molar-refractivity contribution is 7.18. The number of carboxylic acid groups (broad SMARTS) is 1. The molecule has 0 atom stereocenters. The van der Waals surface area contributed by atoms with Crippen LogP contribution in [0, 0.1) is 12.7 Å². The van der Waals surface area contributed by atoms with Gasteiger partial charge in [-0.05, 0) is 49.4 Å². The van der Waals surface area contributed by atoms with Crippen molar-refractivity contribution in [1.82, 2.24) is 19.3 Å². The average Bonchev–Trinajstić information content (AvgIpc) is 3.38. The first-order valence-corrected chi connectivity index (χ1v) is 12.5. The highest BCUT2D eigenvalue weighted by Crippen LogP contribution is 2.37. The molecule has 0 saturated heterocycles. The molecule has 3 aromatic heterocycles. The van der Waals surface area contributed by atoms with E-state index in [2.05, 4.69) is 4.98 Å². The summed E-state index contributed by atoms with van der Waals surface area (Å²) in [5, 5.41) is 17.1. The Hall–Kier alpha value is -4.08. The maximum Gasteiger partial charge on any atom is 0.323 e. The molecule has 3 aromatic carbocycles. The number of nitrogens with zero attached hydrogens (tertiary/aromatic N) is 4. The van der Waals surface area contributed by atoms with E-state index in [0.717, 1.165) is 10.2 Å². The normalized spacial score (nSPS) is 11.6. The van der Waals surface area contributed by atoms with E-state index in [-0.39, 0.29) is 18.6 Å². The van der Waals surface area contributed by atoms with E-state index in [0.29, 0.717) is 48.7 Å². The summed E-state index contributed by atoms with van der Waals surface area (Å²) in [6, 6.07) is 16.8. The van der Waals surface area contributed by atoms with Crippen molar-refractivity contribution in [3.05, 3.63) is 92.6 Å². The van der Waals surface area contributed by atoms with Gasteiger partial charge in [0.2, 0.25) is 0 Å². The zero-order valence-corrected chi connectivity index (χ0v) is 21.0. The number of aromatic nitrogens is 4. The second-order valence-corrected chi connectivity index (χ2v) is 10.2. The third kappa shape index (κ3) is 3.96. The molecule has 6 aromatic rings. The van der Waals surface area contributed by atoms with Crippen molar-refractivity contribution >= 4 is 60.8 Å². The third-order valence-electron chi connectivity index (χ3n) is 6.36. The molecular weight excluding hydrogens is 515 g/mol. The number of carboxylic acids is 1. The van der Waals surface area contributed by atoms with Crippen LogP contribution in [-0.4, -0.2) is 30.4 Å². The predicted molar refractivity (Wildman–Crippen MR) is 143 cm³/mol. The van der Waals surface area contributed by atoms with E-state index >= 15 is 0 Å². The molecule has 0 spiro atoms. The molecule has 0 bridgehead atoms. The Morgan fingerprint density at radius 1 is 1.08 bits per heavy atom. The number of hydrogen-bond acceptors (Lipinski definition) is 5. The second kappa shape index (κ2) is 8.79. The summed E-state index contributed by atoms with van der Waals surface area (Å²) in [5.41, 5.74) is 2.69. The van der Waals surface area contributed by atoms with Crippen LogP contribution in [0.4, 0.5) is 4.39 Å². The third-order valence-corrected chi connectivity index (χ3v) is 7.62. The smallest absolute Gasteiger partial charge is 0.323 e. The van der Waals surface area contributed by atoms with Gasteiger partial charge in [0.05, 0.1) is 22.1 Å². The van der Waals surface area contributed by atoms with Crippen LogP contribution in [0.5, 0.6) is 0 Å². The molecule has 7 nitrogen and oxygen atoms in total. The molecular formula is C27H18ClFN4O3S. The quantitative estimate of drug-likeness (QED) is 0.300. The fourth-order valence-corrected chi connectivity index (χ4v) is 5.86. The molecule has 0 fully saturated rings. The summed E-state index contributed by atoms with van der Waals surface area (Å²) < 4.78 is 18.3. The van der Waals surface area contributed by atoms with Crippen LogP contribution in [-0.2, 0) is 17.9 Å². The SMILES string of the molecule is Cc1c(-c2nn(Cc3nc4cc(Cl)ccc4s3)c(=O)c3ccccc23)c2cc(F)ccc2n1CC(=O)O. The van der Waals surface area contributed by atoms with E-state index in [1.165, 1.54) is 28.2 Å². The van der Waals surface area contributed by atoms with E-state index in [9.17, 15) is 19.1 Å². The van der Waals surface area contributed by atoms with E-state index in [4.69, 9.17) is 16.7 Å². The summed E-state index contributed by atoms with van der Waals surface area (Å²) in [6.07, 6.45) is 0. The van der Waals surface area contributed by atoms with Gasteiger partial charge < -0.3 is 9.67 Å². The van der Waals surface area contributed by atoms with Crippen molar-refractivity contribution < 1.29 is 14.3 Å². The fraction of sp³-hybridized carbons (Fsp3) is 0.111. The van der Waals surface area contributed by atoms with Crippen molar-refractivity contribution in [2.75, 3.05) is 0 Å². The van der Waals surface area contributed by atoms with Gasteiger partial charge >= 0.3 is 5.97 Å². The lowest BCUT2D eigenvalue weighted by Crippen LogP contribution is -2.24. The lowest BCUT2D eigenvalue weighted by Gasteiger charge is -2.11. The molecule has 10 heteroatoms. The maximum absolute atomic E-state index is 14.4. The predicted octanol–water partition coefficient (Wildman–Crippen LogP) is 5.86. The van der Waals surface area contributed by atoms with Gasteiger partial charge in [0.1, 0.15) is 23.1 Å². The Balaban J connectivity index is 1.61. The van der Waals surface area contributed by atoms with Crippen LogP contribution < -0.4 is 5.56 Å². The van der Waals surface area contributed by atoms with Gasteiger partial charge in [0.15, 0.2) is 0 Å².